The summed E-state index contributed by atoms with van der Waals surface area (Å²) in [7, 11) is 0. The summed E-state index contributed by atoms with van der Waals surface area (Å²) in [5.41, 5.74) is 3.14. The van der Waals surface area contributed by atoms with E-state index >= 15 is 0 Å². The number of allylic oxidation sites excluding steroid dienone is 1. The van der Waals surface area contributed by atoms with Gasteiger partial charge in [-0.3, -0.25) is 0 Å². The molecule has 0 unspecified atom stereocenters. The number of aliphatic hydroxyl groups is 1. The molecule has 0 saturated carbocycles. The summed E-state index contributed by atoms with van der Waals surface area (Å²) in [6, 6.07) is 9.96. The lowest BCUT2D eigenvalue weighted by Gasteiger charge is -2.01. The minimum Gasteiger partial charge on any atom is -0.516 e. The van der Waals surface area contributed by atoms with E-state index in [2.05, 4.69) is 9.97 Å². The SMILES string of the molecule is O/C=C/Cc1ccc(-c2ccncn2)cc1. The molecule has 0 aliphatic carbocycles. The monoisotopic (exact) mass is 212 g/mol. The van der Waals surface area contributed by atoms with E-state index in [0.29, 0.717) is 0 Å². The van der Waals surface area contributed by atoms with Crippen LogP contribution in [0, 0.1) is 0 Å². The number of rotatable bonds is 3. The van der Waals surface area contributed by atoms with Gasteiger partial charge in [0.2, 0.25) is 0 Å². The van der Waals surface area contributed by atoms with Gasteiger partial charge in [0.15, 0.2) is 0 Å². The van der Waals surface area contributed by atoms with E-state index in [1.54, 1.807) is 12.3 Å². The molecule has 1 aromatic carbocycles. The van der Waals surface area contributed by atoms with Gasteiger partial charge in [0, 0.05) is 11.8 Å². The van der Waals surface area contributed by atoms with Crippen molar-refractivity contribution in [3.63, 3.8) is 0 Å². The summed E-state index contributed by atoms with van der Waals surface area (Å²) in [5, 5.41) is 8.56. The molecule has 0 atom stereocenters. The molecule has 0 radical (unpaired) electrons. The Balaban J connectivity index is 2.20. The van der Waals surface area contributed by atoms with Gasteiger partial charge in [-0.25, -0.2) is 9.97 Å². The first-order valence-electron chi connectivity index (χ1n) is 5.04. The Morgan fingerprint density at radius 2 is 1.94 bits per heavy atom. The highest BCUT2D eigenvalue weighted by Crippen LogP contribution is 2.16. The second kappa shape index (κ2) is 5.07. The van der Waals surface area contributed by atoms with Crippen LogP contribution in [-0.2, 0) is 6.42 Å². The fraction of sp³-hybridized carbons (Fsp3) is 0.0769. The normalized spacial score (nSPS) is 10.8. The van der Waals surface area contributed by atoms with Crippen molar-refractivity contribution in [1.82, 2.24) is 9.97 Å². The molecule has 0 fully saturated rings. The summed E-state index contributed by atoms with van der Waals surface area (Å²) in [5.74, 6) is 0. The molecule has 1 heterocycles. The van der Waals surface area contributed by atoms with E-state index in [9.17, 15) is 0 Å². The second-order valence-corrected chi connectivity index (χ2v) is 3.38. The summed E-state index contributed by atoms with van der Waals surface area (Å²) in [4.78, 5) is 8.06. The van der Waals surface area contributed by atoms with Crippen LogP contribution in [0.4, 0.5) is 0 Å². The maximum absolute atomic E-state index is 8.56. The van der Waals surface area contributed by atoms with Crippen LogP contribution < -0.4 is 0 Å². The molecule has 3 heteroatoms. The molecule has 1 aromatic heterocycles. The molecule has 0 spiro atoms. The number of aromatic nitrogens is 2. The van der Waals surface area contributed by atoms with E-state index in [1.807, 2.05) is 30.3 Å². The predicted molar refractivity (Wildman–Crippen MR) is 62.9 cm³/mol. The maximum atomic E-state index is 8.56. The Labute approximate surface area is 94.1 Å². The van der Waals surface area contributed by atoms with Gasteiger partial charge in [0.1, 0.15) is 6.33 Å². The molecule has 80 valence electrons. The summed E-state index contributed by atoms with van der Waals surface area (Å²) < 4.78 is 0. The molecule has 16 heavy (non-hydrogen) atoms. The third-order valence-corrected chi connectivity index (χ3v) is 2.29. The van der Waals surface area contributed by atoms with Crippen LogP contribution in [0.25, 0.3) is 11.3 Å². The van der Waals surface area contributed by atoms with Crippen molar-refractivity contribution in [3.05, 3.63) is 60.8 Å². The molecule has 1 N–H and O–H groups in total. The first kappa shape index (κ1) is 10.4. The second-order valence-electron chi connectivity index (χ2n) is 3.38. The van der Waals surface area contributed by atoms with Gasteiger partial charge in [-0.15, -0.1) is 0 Å². The third kappa shape index (κ3) is 2.45. The van der Waals surface area contributed by atoms with E-state index in [1.165, 1.54) is 6.33 Å². The molecule has 0 amide bonds. The van der Waals surface area contributed by atoms with Crippen molar-refractivity contribution < 1.29 is 5.11 Å². The molecule has 2 aromatic rings. The molecular formula is C13H12N2O. The average Bonchev–Trinajstić information content (AvgIpc) is 2.38. The minimum absolute atomic E-state index is 0.737. The fourth-order valence-corrected chi connectivity index (χ4v) is 1.46. The Morgan fingerprint density at radius 3 is 2.56 bits per heavy atom. The van der Waals surface area contributed by atoms with E-state index in [4.69, 9.17) is 5.11 Å². The summed E-state index contributed by atoms with van der Waals surface area (Å²) in [6.07, 6.45) is 6.78. The lowest BCUT2D eigenvalue weighted by atomic mass is 10.1. The van der Waals surface area contributed by atoms with Gasteiger partial charge in [-0.05, 0) is 24.1 Å². The van der Waals surface area contributed by atoms with E-state index in [-0.39, 0.29) is 0 Å². The zero-order valence-electron chi connectivity index (χ0n) is 8.74. The molecule has 0 aliphatic heterocycles. The van der Waals surface area contributed by atoms with Crippen LogP contribution >= 0.6 is 0 Å². The van der Waals surface area contributed by atoms with Crippen LogP contribution in [-0.4, -0.2) is 15.1 Å². The van der Waals surface area contributed by atoms with Gasteiger partial charge in [-0.1, -0.05) is 24.3 Å². The average molecular weight is 212 g/mol. The van der Waals surface area contributed by atoms with Gasteiger partial charge in [-0.2, -0.15) is 0 Å². The van der Waals surface area contributed by atoms with Crippen LogP contribution in [0.3, 0.4) is 0 Å². The highest BCUT2D eigenvalue weighted by molar-refractivity contribution is 5.58. The molecular weight excluding hydrogens is 200 g/mol. The van der Waals surface area contributed by atoms with Crippen LogP contribution in [0.2, 0.25) is 0 Å². The topological polar surface area (TPSA) is 46.0 Å². The summed E-state index contributed by atoms with van der Waals surface area (Å²) in [6.45, 7) is 0. The van der Waals surface area contributed by atoms with E-state index < -0.39 is 0 Å². The molecule has 2 rings (SSSR count). The van der Waals surface area contributed by atoms with E-state index in [0.717, 1.165) is 29.5 Å². The Bertz CT molecular complexity index is 463. The van der Waals surface area contributed by atoms with Crippen molar-refractivity contribution in [1.29, 1.82) is 0 Å². The lowest BCUT2D eigenvalue weighted by molar-refractivity contribution is 0.471. The standard InChI is InChI=1S/C13H12N2O/c16-9-1-2-11-3-5-12(6-4-11)13-7-8-14-10-15-13/h1,3-10,16H,2H2/b9-1+. The Morgan fingerprint density at radius 1 is 1.12 bits per heavy atom. The number of hydrogen-bond donors (Lipinski definition) is 1. The van der Waals surface area contributed by atoms with Crippen molar-refractivity contribution in [3.8, 4) is 11.3 Å². The van der Waals surface area contributed by atoms with Gasteiger partial charge in [0.05, 0.1) is 12.0 Å². The van der Waals surface area contributed by atoms with Crippen molar-refractivity contribution >= 4 is 0 Å². The van der Waals surface area contributed by atoms with Crippen LogP contribution in [0.5, 0.6) is 0 Å². The summed E-state index contributed by atoms with van der Waals surface area (Å²) >= 11 is 0. The van der Waals surface area contributed by atoms with Gasteiger partial charge >= 0.3 is 0 Å². The highest BCUT2D eigenvalue weighted by Gasteiger charge is 1.97. The Hall–Kier alpha value is -2.16. The minimum atomic E-state index is 0.737. The number of aliphatic hydroxyl groups excluding tert-OH is 1. The fourth-order valence-electron chi connectivity index (χ4n) is 1.46. The number of nitrogens with zero attached hydrogens (tertiary/aromatic N) is 2. The quantitative estimate of drug-likeness (QED) is 0.796. The molecule has 0 bridgehead atoms. The van der Waals surface area contributed by atoms with Gasteiger partial charge in [0.25, 0.3) is 0 Å². The third-order valence-electron chi connectivity index (χ3n) is 2.29. The Kier molecular flexibility index (Phi) is 3.28. The number of benzene rings is 1. The van der Waals surface area contributed by atoms with Gasteiger partial charge < -0.3 is 5.11 Å². The lowest BCUT2D eigenvalue weighted by Crippen LogP contribution is -1.85. The molecule has 0 saturated heterocycles. The first-order valence-corrected chi connectivity index (χ1v) is 5.04. The molecule has 3 nitrogen and oxygen atoms in total. The largest absolute Gasteiger partial charge is 0.516 e. The van der Waals surface area contributed by atoms with Crippen LogP contribution in [0.15, 0.2) is 55.2 Å². The van der Waals surface area contributed by atoms with Crippen molar-refractivity contribution in [2.45, 2.75) is 6.42 Å². The first-order chi connectivity index (χ1) is 7.90. The van der Waals surface area contributed by atoms with Crippen molar-refractivity contribution in [2.24, 2.45) is 0 Å². The zero-order chi connectivity index (χ0) is 11.2. The maximum Gasteiger partial charge on any atom is 0.116 e. The zero-order valence-corrected chi connectivity index (χ0v) is 8.74. The smallest absolute Gasteiger partial charge is 0.116 e. The van der Waals surface area contributed by atoms with Crippen LogP contribution in [0.1, 0.15) is 5.56 Å². The highest BCUT2D eigenvalue weighted by atomic mass is 16.2. The van der Waals surface area contributed by atoms with Crippen molar-refractivity contribution in [2.75, 3.05) is 0 Å². The number of hydrogen-bond acceptors (Lipinski definition) is 3. The molecule has 0 aliphatic rings. The predicted octanol–water partition coefficient (Wildman–Crippen LogP) is 2.76.